The van der Waals surface area contributed by atoms with E-state index in [2.05, 4.69) is 49.7 Å². The van der Waals surface area contributed by atoms with E-state index in [1.807, 2.05) is 11.8 Å². The third-order valence-corrected chi connectivity index (χ3v) is 6.19. The van der Waals surface area contributed by atoms with E-state index >= 15 is 0 Å². The first-order valence-electron chi connectivity index (χ1n) is 10.2. The highest BCUT2D eigenvalue weighted by molar-refractivity contribution is 5.91. The molecule has 2 saturated heterocycles. The SMILES string of the molecule is Cc1nc(C(=O)N2CCCCC(C)(C)C2)nc(N2CC[C@@H](N(C)C)C2)c1C. The van der Waals surface area contributed by atoms with Gasteiger partial charge in [0.2, 0.25) is 5.82 Å². The van der Waals surface area contributed by atoms with Gasteiger partial charge in [-0.3, -0.25) is 4.79 Å². The lowest BCUT2D eigenvalue weighted by Crippen LogP contribution is -2.39. The van der Waals surface area contributed by atoms with E-state index in [4.69, 9.17) is 4.98 Å². The Morgan fingerprint density at radius 1 is 1.15 bits per heavy atom. The van der Waals surface area contributed by atoms with Crippen molar-refractivity contribution in [2.45, 2.75) is 59.4 Å². The highest BCUT2D eigenvalue weighted by atomic mass is 16.2. The molecule has 0 saturated carbocycles. The van der Waals surface area contributed by atoms with Gasteiger partial charge in [0, 0.05) is 43.5 Å². The summed E-state index contributed by atoms with van der Waals surface area (Å²) >= 11 is 0. The Morgan fingerprint density at radius 2 is 1.89 bits per heavy atom. The molecular weight excluding hydrogens is 338 g/mol. The molecule has 1 aromatic heterocycles. The number of rotatable bonds is 3. The van der Waals surface area contributed by atoms with Crippen LogP contribution in [0.4, 0.5) is 5.82 Å². The average molecular weight is 374 g/mol. The summed E-state index contributed by atoms with van der Waals surface area (Å²) in [5.74, 6) is 1.28. The molecular formula is C21H35N5O. The van der Waals surface area contributed by atoms with Gasteiger partial charge in [0.05, 0.1) is 0 Å². The van der Waals surface area contributed by atoms with Crippen molar-refractivity contribution in [2.24, 2.45) is 5.41 Å². The van der Waals surface area contributed by atoms with E-state index in [0.717, 1.165) is 62.5 Å². The van der Waals surface area contributed by atoms with E-state index in [9.17, 15) is 4.79 Å². The number of nitrogens with zero attached hydrogens (tertiary/aromatic N) is 5. The number of carbonyl (C=O) groups is 1. The van der Waals surface area contributed by atoms with Crippen molar-refractivity contribution >= 4 is 11.7 Å². The Kier molecular flexibility index (Phi) is 5.75. The van der Waals surface area contributed by atoms with E-state index in [1.165, 1.54) is 6.42 Å². The van der Waals surface area contributed by atoms with Gasteiger partial charge in [-0.15, -0.1) is 0 Å². The smallest absolute Gasteiger partial charge is 0.291 e. The first kappa shape index (κ1) is 20.1. The highest BCUT2D eigenvalue weighted by Crippen LogP contribution is 2.29. The minimum Gasteiger partial charge on any atom is -0.355 e. The molecule has 6 nitrogen and oxygen atoms in total. The van der Waals surface area contributed by atoms with Crippen LogP contribution >= 0.6 is 0 Å². The Hall–Kier alpha value is -1.69. The normalized spacial score (nSPS) is 23.0. The van der Waals surface area contributed by atoms with Crippen molar-refractivity contribution in [1.29, 1.82) is 0 Å². The molecule has 1 aromatic rings. The Balaban J connectivity index is 1.86. The first-order chi connectivity index (χ1) is 12.7. The van der Waals surface area contributed by atoms with Crippen LogP contribution in [0.2, 0.25) is 0 Å². The van der Waals surface area contributed by atoms with Crippen molar-refractivity contribution < 1.29 is 4.79 Å². The first-order valence-corrected chi connectivity index (χ1v) is 10.2. The predicted molar refractivity (Wildman–Crippen MR) is 109 cm³/mol. The number of likely N-dealkylation sites (N-methyl/N-ethyl adjacent to an activating group) is 1. The van der Waals surface area contributed by atoms with Crippen LogP contribution in [0.5, 0.6) is 0 Å². The third kappa shape index (κ3) is 4.42. The zero-order chi connectivity index (χ0) is 19.8. The molecule has 0 aromatic carbocycles. The van der Waals surface area contributed by atoms with Crippen LogP contribution in [-0.2, 0) is 0 Å². The quantitative estimate of drug-likeness (QED) is 0.815. The van der Waals surface area contributed by atoms with Crippen LogP contribution in [0, 0.1) is 19.3 Å². The maximum Gasteiger partial charge on any atom is 0.291 e. The van der Waals surface area contributed by atoms with Gasteiger partial charge in [0.1, 0.15) is 5.82 Å². The van der Waals surface area contributed by atoms with Crippen LogP contribution in [0.3, 0.4) is 0 Å². The number of aromatic nitrogens is 2. The van der Waals surface area contributed by atoms with E-state index in [1.54, 1.807) is 0 Å². The van der Waals surface area contributed by atoms with Crippen LogP contribution in [-0.4, -0.2) is 72.0 Å². The standard InChI is InChI=1S/C21H35N5O/c1-15-16(2)22-18(20(27)26-11-8-7-10-21(3,4)14-26)23-19(15)25-12-9-17(13-25)24(5)6/h17H,7-14H2,1-6H3/t17-/m1/s1. The minimum atomic E-state index is -0.0160. The molecule has 1 atom stereocenters. The lowest BCUT2D eigenvalue weighted by Gasteiger charge is -2.29. The van der Waals surface area contributed by atoms with Gasteiger partial charge in [0.25, 0.3) is 5.91 Å². The van der Waals surface area contributed by atoms with E-state index in [-0.39, 0.29) is 11.3 Å². The summed E-state index contributed by atoms with van der Waals surface area (Å²) in [4.78, 5) is 29.1. The number of carbonyl (C=O) groups excluding carboxylic acids is 1. The zero-order valence-corrected chi connectivity index (χ0v) is 17.9. The molecule has 150 valence electrons. The number of likely N-dealkylation sites (tertiary alicyclic amines) is 1. The van der Waals surface area contributed by atoms with Crippen molar-refractivity contribution in [2.75, 3.05) is 45.2 Å². The summed E-state index contributed by atoms with van der Waals surface area (Å²) in [6.07, 6.45) is 4.52. The topological polar surface area (TPSA) is 52.6 Å². The second-order valence-electron chi connectivity index (χ2n) is 9.28. The molecule has 0 spiro atoms. The molecule has 27 heavy (non-hydrogen) atoms. The van der Waals surface area contributed by atoms with Gasteiger partial charge in [-0.2, -0.15) is 0 Å². The van der Waals surface area contributed by atoms with Crippen molar-refractivity contribution in [3.05, 3.63) is 17.1 Å². The Morgan fingerprint density at radius 3 is 2.56 bits per heavy atom. The lowest BCUT2D eigenvalue weighted by molar-refractivity contribution is 0.0694. The number of hydrogen-bond acceptors (Lipinski definition) is 5. The fraction of sp³-hybridized carbons (Fsp3) is 0.762. The molecule has 0 radical (unpaired) electrons. The molecule has 0 N–H and O–H groups in total. The summed E-state index contributed by atoms with van der Waals surface area (Å²) < 4.78 is 0. The molecule has 0 bridgehead atoms. The van der Waals surface area contributed by atoms with Crippen molar-refractivity contribution in [3.8, 4) is 0 Å². The number of aryl methyl sites for hydroxylation is 1. The van der Waals surface area contributed by atoms with Crippen LogP contribution < -0.4 is 4.90 Å². The Labute approximate surface area is 164 Å². The third-order valence-electron chi connectivity index (χ3n) is 6.19. The van der Waals surface area contributed by atoms with Gasteiger partial charge >= 0.3 is 0 Å². The molecule has 0 aliphatic carbocycles. The van der Waals surface area contributed by atoms with Crippen molar-refractivity contribution in [3.63, 3.8) is 0 Å². The molecule has 2 aliphatic rings. The summed E-state index contributed by atoms with van der Waals surface area (Å²) in [5.41, 5.74) is 2.15. The molecule has 6 heteroatoms. The summed E-state index contributed by atoms with van der Waals surface area (Å²) in [5, 5.41) is 0. The number of amides is 1. The minimum absolute atomic E-state index is 0.0160. The maximum atomic E-state index is 13.2. The lowest BCUT2D eigenvalue weighted by atomic mass is 9.88. The van der Waals surface area contributed by atoms with Gasteiger partial charge in [-0.1, -0.05) is 20.3 Å². The number of hydrogen-bond donors (Lipinski definition) is 0. The molecule has 0 unspecified atom stereocenters. The highest BCUT2D eigenvalue weighted by Gasteiger charge is 2.31. The largest absolute Gasteiger partial charge is 0.355 e. The summed E-state index contributed by atoms with van der Waals surface area (Å²) in [6.45, 7) is 12.1. The fourth-order valence-corrected chi connectivity index (χ4v) is 4.27. The Bertz CT molecular complexity index is 700. The number of anilines is 1. The second-order valence-corrected chi connectivity index (χ2v) is 9.28. The molecule has 2 aliphatic heterocycles. The van der Waals surface area contributed by atoms with Crippen molar-refractivity contribution in [1.82, 2.24) is 19.8 Å². The van der Waals surface area contributed by atoms with Gasteiger partial charge in [-0.25, -0.2) is 9.97 Å². The van der Waals surface area contributed by atoms with Gasteiger partial charge < -0.3 is 14.7 Å². The molecule has 3 heterocycles. The monoisotopic (exact) mass is 373 g/mol. The molecule has 2 fully saturated rings. The summed E-state index contributed by atoms with van der Waals surface area (Å²) in [6, 6.07) is 0.533. The second kappa shape index (κ2) is 7.74. The maximum absolute atomic E-state index is 13.2. The van der Waals surface area contributed by atoms with Crippen LogP contribution in [0.15, 0.2) is 0 Å². The van der Waals surface area contributed by atoms with E-state index < -0.39 is 0 Å². The molecule has 1 amide bonds. The average Bonchev–Trinajstić information content (AvgIpc) is 3.02. The fourth-order valence-electron chi connectivity index (χ4n) is 4.27. The molecule has 3 rings (SSSR count). The zero-order valence-electron chi connectivity index (χ0n) is 17.9. The van der Waals surface area contributed by atoms with Crippen LogP contribution in [0.1, 0.15) is 61.4 Å². The van der Waals surface area contributed by atoms with E-state index in [0.29, 0.717) is 11.9 Å². The van der Waals surface area contributed by atoms with Gasteiger partial charge in [-0.05, 0) is 52.6 Å². The van der Waals surface area contributed by atoms with Crippen LogP contribution in [0.25, 0.3) is 0 Å². The van der Waals surface area contributed by atoms with Gasteiger partial charge in [0.15, 0.2) is 0 Å². The predicted octanol–water partition coefficient (Wildman–Crippen LogP) is 2.89. The summed E-state index contributed by atoms with van der Waals surface area (Å²) in [7, 11) is 4.25.